The highest BCUT2D eigenvalue weighted by Crippen LogP contribution is 2.05. The van der Waals surface area contributed by atoms with Gasteiger partial charge in [0.25, 0.3) is 0 Å². The average molecular weight is 253 g/mol. The number of rotatable bonds is 6. The zero-order valence-electron chi connectivity index (χ0n) is 10.1. The Labute approximate surface area is 105 Å². The summed E-state index contributed by atoms with van der Waals surface area (Å²) in [5, 5.41) is 11.2. The number of carbonyl (C=O) groups excluding carboxylic acids is 1. The predicted molar refractivity (Wildman–Crippen MR) is 64.6 cm³/mol. The van der Waals surface area contributed by atoms with Crippen molar-refractivity contribution >= 4 is 11.9 Å². The van der Waals surface area contributed by atoms with Crippen LogP contribution < -0.4 is 5.32 Å². The van der Waals surface area contributed by atoms with E-state index in [0.29, 0.717) is 12.8 Å². The molecular weight excluding hydrogens is 237 g/mol. The number of halogens is 1. The van der Waals surface area contributed by atoms with Crippen molar-refractivity contribution in [3.63, 3.8) is 0 Å². The molecule has 0 aliphatic carbocycles. The number of aliphatic carboxylic acids is 1. The first-order valence-corrected chi connectivity index (χ1v) is 5.79. The van der Waals surface area contributed by atoms with Gasteiger partial charge in [0.05, 0.1) is 0 Å². The van der Waals surface area contributed by atoms with Crippen LogP contribution >= 0.6 is 0 Å². The minimum Gasteiger partial charge on any atom is -0.480 e. The van der Waals surface area contributed by atoms with Crippen molar-refractivity contribution in [1.29, 1.82) is 0 Å². The van der Waals surface area contributed by atoms with Crippen molar-refractivity contribution in [2.75, 3.05) is 0 Å². The summed E-state index contributed by atoms with van der Waals surface area (Å²) in [6.07, 6.45) is 0.995. The Balaban J connectivity index is 2.41. The van der Waals surface area contributed by atoms with E-state index in [4.69, 9.17) is 5.11 Å². The molecule has 1 rings (SSSR count). The monoisotopic (exact) mass is 253 g/mol. The molecule has 0 spiro atoms. The van der Waals surface area contributed by atoms with Crippen LogP contribution in [0.25, 0.3) is 0 Å². The topological polar surface area (TPSA) is 66.4 Å². The predicted octanol–water partition coefficient (Wildman–Crippen LogP) is 1.74. The van der Waals surface area contributed by atoms with Crippen molar-refractivity contribution in [2.45, 2.75) is 32.2 Å². The number of carbonyl (C=O) groups is 2. The number of benzene rings is 1. The number of hydrogen-bond donors (Lipinski definition) is 2. The van der Waals surface area contributed by atoms with Crippen LogP contribution in [-0.2, 0) is 16.0 Å². The zero-order chi connectivity index (χ0) is 13.5. The van der Waals surface area contributed by atoms with Crippen LogP contribution in [0.15, 0.2) is 24.3 Å². The SMILES string of the molecule is CCC(NC(=O)CCc1ccc(F)cc1)C(=O)O. The fourth-order valence-electron chi connectivity index (χ4n) is 1.51. The molecule has 5 heteroatoms. The third-order valence-corrected chi connectivity index (χ3v) is 2.60. The van der Waals surface area contributed by atoms with Gasteiger partial charge in [0.2, 0.25) is 5.91 Å². The van der Waals surface area contributed by atoms with E-state index in [0.717, 1.165) is 5.56 Å². The summed E-state index contributed by atoms with van der Waals surface area (Å²) >= 11 is 0. The highest BCUT2D eigenvalue weighted by molar-refractivity contribution is 5.83. The van der Waals surface area contributed by atoms with E-state index in [2.05, 4.69) is 5.32 Å². The molecular formula is C13H16FNO3. The zero-order valence-corrected chi connectivity index (χ0v) is 10.1. The van der Waals surface area contributed by atoms with Crippen molar-refractivity contribution < 1.29 is 19.1 Å². The molecule has 0 aliphatic heterocycles. The molecule has 1 unspecified atom stereocenters. The lowest BCUT2D eigenvalue weighted by Crippen LogP contribution is -2.40. The van der Waals surface area contributed by atoms with Crippen molar-refractivity contribution in [3.05, 3.63) is 35.6 Å². The summed E-state index contributed by atoms with van der Waals surface area (Å²) in [7, 11) is 0. The molecule has 2 N–H and O–H groups in total. The van der Waals surface area contributed by atoms with Gasteiger partial charge >= 0.3 is 5.97 Å². The average Bonchev–Trinajstić information content (AvgIpc) is 2.35. The maximum atomic E-state index is 12.6. The summed E-state index contributed by atoms with van der Waals surface area (Å²) in [5.74, 6) is -1.67. The number of amides is 1. The van der Waals surface area contributed by atoms with E-state index in [-0.39, 0.29) is 18.1 Å². The van der Waals surface area contributed by atoms with Gasteiger partial charge in [-0.3, -0.25) is 4.79 Å². The number of carboxylic acids is 1. The minimum atomic E-state index is -1.03. The molecule has 1 aromatic rings. The molecule has 0 saturated heterocycles. The molecule has 0 aromatic heterocycles. The summed E-state index contributed by atoms with van der Waals surface area (Å²) in [5.41, 5.74) is 0.843. The fourth-order valence-corrected chi connectivity index (χ4v) is 1.51. The summed E-state index contributed by atoms with van der Waals surface area (Å²) in [6.45, 7) is 1.69. The van der Waals surface area contributed by atoms with Crippen LogP contribution in [0.4, 0.5) is 4.39 Å². The highest BCUT2D eigenvalue weighted by atomic mass is 19.1. The lowest BCUT2D eigenvalue weighted by Gasteiger charge is -2.11. The van der Waals surface area contributed by atoms with Crippen LogP contribution in [0.5, 0.6) is 0 Å². The first-order chi connectivity index (χ1) is 8.52. The summed E-state index contributed by atoms with van der Waals surface area (Å²) < 4.78 is 12.6. The third-order valence-electron chi connectivity index (χ3n) is 2.60. The van der Waals surface area contributed by atoms with Crippen molar-refractivity contribution in [2.24, 2.45) is 0 Å². The second kappa shape index (κ2) is 6.74. The van der Waals surface area contributed by atoms with Gasteiger partial charge < -0.3 is 10.4 Å². The second-order valence-corrected chi connectivity index (χ2v) is 3.99. The van der Waals surface area contributed by atoms with Gasteiger partial charge in [-0.2, -0.15) is 0 Å². The third kappa shape index (κ3) is 4.53. The molecule has 0 fully saturated rings. The van der Waals surface area contributed by atoms with Crippen LogP contribution in [0.1, 0.15) is 25.3 Å². The van der Waals surface area contributed by atoms with E-state index >= 15 is 0 Å². The first kappa shape index (κ1) is 14.2. The minimum absolute atomic E-state index is 0.190. The van der Waals surface area contributed by atoms with Gasteiger partial charge in [0, 0.05) is 6.42 Å². The normalized spacial score (nSPS) is 11.9. The van der Waals surface area contributed by atoms with Crippen LogP contribution in [0, 0.1) is 5.82 Å². The van der Waals surface area contributed by atoms with Crippen molar-refractivity contribution in [1.82, 2.24) is 5.32 Å². The standard InChI is InChI=1S/C13H16FNO3/c1-2-11(13(17)18)15-12(16)8-5-9-3-6-10(14)7-4-9/h3-4,6-7,11H,2,5,8H2,1H3,(H,15,16)(H,17,18). The van der Waals surface area contributed by atoms with Gasteiger partial charge in [-0.25, -0.2) is 9.18 Å². The molecule has 0 saturated carbocycles. The number of hydrogen-bond acceptors (Lipinski definition) is 2. The number of carboxylic acid groups (broad SMARTS) is 1. The van der Waals surface area contributed by atoms with Crippen LogP contribution in [0.2, 0.25) is 0 Å². The first-order valence-electron chi connectivity index (χ1n) is 5.79. The van der Waals surface area contributed by atoms with Crippen LogP contribution in [0.3, 0.4) is 0 Å². The largest absolute Gasteiger partial charge is 0.480 e. The molecule has 1 aromatic carbocycles. The molecule has 98 valence electrons. The summed E-state index contributed by atoms with van der Waals surface area (Å²) in [6, 6.07) is 5.04. The molecule has 1 amide bonds. The Morgan fingerprint density at radius 2 is 1.94 bits per heavy atom. The number of aryl methyl sites for hydroxylation is 1. The van der Waals surface area contributed by atoms with E-state index < -0.39 is 12.0 Å². The maximum absolute atomic E-state index is 12.6. The molecule has 4 nitrogen and oxygen atoms in total. The van der Waals surface area contributed by atoms with Gasteiger partial charge in [0.1, 0.15) is 11.9 Å². The molecule has 0 aliphatic rings. The molecule has 0 bridgehead atoms. The second-order valence-electron chi connectivity index (χ2n) is 3.99. The van der Waals surface area contributed by atoms with Gasteiger partial charge in [0.15, 0.2) is 0 Å². The molecule has 0 heterocycles. The lowest BCUT2D eigenvalue weighted by atomic mass is 10.1. The van der Waals surface area contributed by atoms with E-state index in [1.807, 2.05) is 0 Å². The Bertz CT molecular complexity index is 417. The molecule has 1 atom stereocenters. The smallest absolute Gasteiger partial charge is 0.326 e. The van der Waals surface area contributed by atoms with E-state index in [1.165, 1.54) is 12.1 Å². The molecule has 18 heavy (non-hydrogen) atoms. The van der Waals surface area contributed by atoms with E-state index in [1.54, 1.807) is 19.1 Å². The van der Waals surface area contributed by atoms with Crippen molar-refractivity contribution in [3.8, 4) is 0 Å². The maximum Gasteiger partial charge on any atom is 0.326 e. The van der Waals surface area contributed by atoms with Gasteiger partial charge in [-0.15, -0.1) is 0 Å². The quantitative estimate of drug-likeness (QED) is 0.811. The lowest BCUT2D eigenvalue weighted by molar-refractivity contribution is -0.141. The fraction of sp³-hybridized carbons (Fsp3) is 0.385. The Hall–Kier alpha value is -1.91. The summed E-state index contributed by atoms with van der Waals surface area (Å²) in [4.78, 5) is 22.2. The van der Waals surface area contributed by atoms with Gasteiger partial charge in [-0.05, 0) is 30.5 Å². The van der Waals surface area contributed by atoms with Gasteiger partial charge in [-0.1, -0.05) is 19.1 Å². The van der Waals surface area contributed by atoms with Crippen LogP contribution in [-0.4, -0.2) is 23.0 Å². The number of nitrogens with one attached hydrogen (secondary N) is 1. The Morgan fingerprint density at radius 1 is 1.33 bits per heavy atom. The highest BCUT2D eigenvalue weighted by Gasteiger charge is 2.16. The Kier molecular flexibility index (Phi) is 5.30. The molecule has 0 radical (unpaired) electrons. The Morgan fingerprint density at radius 3 is 2.44 bits per heavy atom. The van der Waals surface area contributed by atoms with E-state index in [9.17, 15) is 14.0 Å².